The first-order valence-corrected chi connectivity index (χ1v) is 5.35. The van der Waals surface area contributed by atoms with Crippen LogP contribution in [-0.2, 0) is 0 Å². The first-order chi connectivity index (χ1) is 7.24. The Kier molecular flexibility index (Phi) is 2.59. The Bertz CT molecular complexity index is 519. The molecule has 0 aliphatic heterocycles. The molecule has 0 fully saturated rings. The molecule has 0 saturated heterocycles. The summed E-state index contributed by atoms with van der Waals surface area (Å²) < 4.78 is 0. The van der Waals surface area contributed by atoms with Gasteiger partial charge in [-0.2, -0.15) is 0 Å². The van der Waals surface area contributed by atoms with Crippen LogP contribution in [-0.4, -0.2) is 0 Å². The fourth-order valence-corrected chi connectivity index (χ4v) is 2.14. The highest BCUT2D eigenvalue weighted by molar-refractivity contribution is 5.94. The second-order valence-corrected chi connectivity index (χ2v) is 3.97. The summed E-state index contributed by atoms with van der Waals surface area (Å²) in [5.41, 5.74) is 4.05. The number of hydrogen-bond donors (Lipinski definition) is 0. The van der Waals surface area contributed by atoms with E-state index in [4.69, 9.17) is 0 Å². The van der Waals surface area contributed by atoms with E-state index in [9.17, 15) is 0 Å². The lowest BCUT2D eigenvalue weighted by Gasteiger charge is -2.09. The summed E-state index contributed by atoms with van der Waals surface area (Å²) in [5, 5.41) is 2.71. The molecule has 2 aromatic rings. The van der Waals surface area contributed by atoms with Crippen LogP contribution < -0.4 is 0 Å². The molecule has 0 aromatic heterocycles. The summed E-state index contributed by atoms with van der Waals surface area (Å²) in [4.78, 5) is 0. The smallest absolute Gasteiger partial charge is 0.0106 e. The van der Waals surface area contributed by atoms with Crippen LogP contribution in [0.25, 0.3) is 16.8 Å². The summed E-state index contributed by atoms with van der Waals surface area (Å²) >= 11 is 0. The van der Waals surface area contributed by atoms with E-state index in [1.165, 1.54) is 27.5 Å². The molecular weight excluding hydrogens is 180 g/mol. The van der Waals surface area contributed by atoms with Crippen molar-refractivity contribution in [2.45, 2.75) is 20.8 Å². The second kappa shape index (κ2) is 3.90. The van der Waals surface area contributed by atoms with E-state index >= 15 is 0 Å². The van der Waals surface area contributed by atoms with Gasteiger partial charge >= 0.3 is 0 Å². The number of benzene rings is 2. The molecule has 0 heterocycles. The molecule has 0 saturated carbocycles. The van der Waals surface area contributed by atoms with Crippen molar-refractivity contribution in [2.75, 3.05) is 0 Å². The average molecular weight is 196 g/mol. The van der Waals surface area contributed by atoms with E-state index in [-0.39, 0.29) is 0 Å². The first kappa shape index (κ1) is 9.97. The Balaban J connectivity index is 2.89. The van der Waals surface area contributed by atoms with Crippen LogP contribution >= 0.6 is 0 Å². The number of rotatable bonds is 1. The van der Waals surface area contributed by atoms with Crippen molar-refractivity contribution < 1.29 is 0 Å². The van der Waals surface area contributed by atoms with Crippen LogP contribution in [0.3, 0.4) is 0 Å². The summed E-state index contributed by atoms with van der Waals surface area (Å²) in [5.74, 6) is 0. The maximum Gasteiger partial charge on any atom is -0.0106 e. The normalized spacial score (nSPS) is 11.4. The molecule has 2 rings (SSSR count). The third-order valence-corrected chi connectivity index (χ3v) is 2.83. The Morgan fingerprint density at radius 1 is 0.933 bits per heavy atom. The highest BCUT2D eigenvalue weighted by atomic mass is 14.1. The van der Waals surface area contributed by atoms with E-state index in [0.29, 0.717) is 0 Å². The summed E-state index contributed by atoms with van der Waals surface area (Å²) in [6.07, 6.45) is 4.29. The molecule has 0 amide bonds. The standard InChI is InChI=1S/C15H16/c1-4-7-13-11(2)10-12(3)14-8-5-6-9-15(13)14/h4-10H,1-3H3/b7-4-. The molecule has 0 N–H and O–H groups in total. The van der Waals surface area contributed by atoms with Gasteiger partial charge in [0, 0.05) is 0 Å². The Morgan fingerprint density at radius 2 is 1.60 bits per heavy atom. The maximum absolute atomic E-state index is 2.26. The lowest BCUT2D eigenvalue weighted by Crippen LogP contribution is -1.87. The van der Waals surface area contributed by atoms with Crippen molar-refractivity contribution in [3.05, 3.63) is 53.1 Å². The van der Waals surface area contributed by atoms with Gasteiger partial charge < -0.3 is 0 Å². The van der Waals surface area contributed by atoms with Crippen molar-refractivity contribution >= 4 is 16.8 Å². The fraction of sp³-hybridized carbons (Fsp3) is 0.200. The Labute approximate surface area is 91.2 Å². The molecule has 0 atom stereocenters. The zero-order chi connectivity index (χ0) is 10.8. The van der Waals surface area contributed by atoms with Crippen molar-refractivity contribution in [1.82, 2.24) is 0 Å². The minimum atomic E-state index is 1.35. The third-order valence-electron chi connectivity index (χ3n) is 2.83. The average Bonchev–Trinajstić information content (AvgIpc) is 2.24. The highest BCUT2D eigenvalue weighted by Crippen LogP contribution is 2.26. The number of fused-ring (bicyclic) bond motifs is 1. The molecule has 0 radical (unpaired) electrons. The molecule has 15 heavy (non-hydrogen) atoms. The zero-order valence-electron chi connectivity index (χ0n) is 9.54. The Morgan fingerprint density at radius 3 is 2.27 bits per heavy atom. The minimum Gasteiger partial charge on any atom is -0.0870 e. The van der Waals surface area contributed by atoms with E-state index in [0.717, 1.165) is 0 Å². The lowest BCUT2D eigenvalue weighted by atomic mass is 9.96. The molecule has 76 valence electrons. The topological polar surface area (TPSA) is 0 Å². The monoisotopic (exact) mass is 196 g/mol. The molecule has 0 bridgehead atoms. The van der Waals surface area contributed by atoms with Gasteiger partial charge in [0.1, 0.15) is 0 Å². The quantitative estimate of drug-likeness (QED) is 0.630. The Hall–Kier alpha value is -1.56. The molecule has 0 heteroatoms. The van der Waals surface area contributed by atoms with Gasteiger partial charge in [-0.05, 0) is 48.2 Å². The molecule has 0 aliphatic carbocycles. The van der Waals surface area contributed by atoms with E-state index in [1.807, 2.05) is 0 Å². The van der Waals surface area contributed by atoms with Gasteiger partial charge in [0.15, 0.2) is 0 Å². The predicted molar refractivity (Wildman–Crippen MR) is 68.1 cm³/mol. The van der Waals surface area contributed by atoms with Gasteiger partial charge in [0.05, 0.1) is 0 Å². The van der Waals surface area contributed by atoms with Crippen LogP contribution in [0.5, 0.6) is 0 Å². The van der Waals surface area contributed by atoms with Crippen LogP contribution in [0.1, 0.15) is 23.6 Å². The molecule has 0 spiro atoms. The van der Waals surface area contributed by atoms with Crippen LogP contribution in [0.2, 0.25) is 0 Å². The van der Waals surface area contributed by atoms with Crippen molar-refractivity contribution in [1.29, 1.82) is 0 Å². The fourth-order valence-electron chi connectivity index (χ4n) is 2.14. The van der Waals surface area contributed by atoms with Gasteiger partial charge in [0.25, 0.3) is 0 Å². The van der Waals surface area contributed by atoms with Gasteiger partial charge in [-0.1, -0.05) is 42.5 Å². The first-order valence-electron chi connectivity index (χ1n) is 5.35. The van der Waals surface area contributed by atoms with Gasteiger partial charge in [-0.15, -0.1) is 0 Å². The van der Waals surface area contributed by atoms with Gasteiger partial charge in [-0.25, -0.2) is 0 Å². The molecular formula is C15H16. The zero-order valence-corrected chi connectivity index (χ0v) is 9.54. The van der Waals surface area contributed by atoms with Crippen LogP contribution in [0.4, 0.5) is 0 Å². The number of aryl methyl sites for hydroxylation is 2. The summed E-state index contributed by atoms with van der Waals surface area (Å²) in [6, 6.07) is 10.9. The second-order valence-electron chi connectivity index (χ2n) is 3.97. The lowest BCUT2D eigenvalue weighted by molar-refractivity contribution is 1.41. The van der Waals surface area contributed by atoms with E-state index in [2.05, 4.69) is 63.3 Å². The van der Waals surface area contributed by atoms with Crippen molar-refractivity contribution in [2.24, 2.45) is 0 Å². The van der Waals surface area contributed by atoms with Crippen molar-refractivity contribution in [3.63, 3.8) is 0 Å². The highest BCUT2D eigenvalue weighted by Gasteiger charge is 2.03. The van der Waals surface area contributed by atoms with Gasteiger partial charge in [0.2, 0.25) is 0 Å². The third kappa shape index (κ3) is 1.68. The SMILES string of the molecule is C/C=C\c1c(C)cc(C)c2ccccc12. The minimum absolute atomic E-state index is 1.35. The molecule has 2 aromatic carbocycles. The van der Waals surface area contributed by atoms with Crippen LogP contribution in [0, 0.1) is 13.8 Å². The maximum atomic E-state index is 2.26. The van der Waals surface area contributed by atoms with E-state index < -0.39 is 0 Å². The predicted octanol–water partition coefficient (Wildman–Crippen LogP) is 4.49. The van der Waals surface area contributed by atoms with Crippen molar-refractivity contribution in [3.8, 4) is 0 Å². The molecule has 0 nitrogen and oxygen atoms in total. The number of allylic oxidation sites excluding steroid dienone is 1. The van der Waals surface area contributed by atoms with Gasteiger partial charge in [-0.3, -0.25) is 0 Å². The van der Waals surface area contributed by atoms with Crippen LogP contribution in [0.15, 0.2) is 36.4 Å². The molecule has 0 aliphatic rings. The summed E-state index contributed by atoms with van der Waals surface area (Å²) in [6.45, 7) is 6.41. The largest absolute Gasteiger partial charge is 0.0870 e. The molecule has 0 unspecified atom stereocenters. The summed E-state index contributed by atoms with van der Waals surface area (Å²) in [7, 11) is 0. The number of hydrogen-bond acceptors (Lipinski definition) is 0. The van der Waals surface area contributed by atoms with E-state index in [1.54, 1.807) is 0 Å².